The summed E-state index contributed by atoms with van der Waals surface area (Å²) in [6.07, 6.45) is 0.661. The van der Waals surface area contributed by atoms with Crippen molar-refractivity contribution in [3.8, 4) is 0 Å². The quantitative estimate of drug-likeness (QED) is 0.540. The Morgan fingerprint density at radius 2 is 1.94 bits per heavy atom. The average Bonchev–Trinajstić information content (AvgIpc) is 2.68. The molecule has 0 amide bonds. The molecule has 1 fully saturated rings. The van der Waals surface area contributed by atoms with Crippen LogP contribution in [0.15, 0.2) is 12.1 Å². The van der Waals surface area contributed by atoms with E-state index in [0.29, 0.717) is 27.6 Å². The first-order valence-electron chi connectivity index (χ1n) is 5.30. The number of rotatable bonds is 3. The van der Waals surface area contributed by atoms with Crippen LogP contribution in [0.3, 0.4) is 0 Å². The summed E-state index contributed by atoms with van der Waals surface area (Å²) < 4.78 is 10.9. The van der Waals surface area contributed by atoms with Gasteiger partial charge in [0.15, 0.2) is 0 Å². The fourth-order valence-corrected chi connectivity index (χ4v) is 2.22. The van der Waals surface area contributed by atoms with Crippen LogP contribution in [-0.2, 0) is 16.1 Å². The van der Waals surface area contributed by atoms with E-state index in [1.54, 1.807) is 18.7 Å². The van der Waals surface area contributed by atoms with E-state index in [4.69, 9.17) is 44.3 Å². The normalized spacial score (nSPS) is 22.9. The maximum absolute atomic E-state index is 6.04. The van der Waals surface area contributed by atoms with Crippen molar-refractivity contribution in [1.82, 2.24) is 0 Å². The average molecular weight is 427 g/mol. The number of ether oxygens (including phenoxy) is 2. The zero-order chi connectivity index (χ0) is 12.4. The maximum atomic E-state index is 6.04. The van der Waals surface area contributed by atoms with E-state index in [-0.39, 0.29) is 75.2 Å². The predicted molar refractivity (Wildman–Crippen MR) is 69.2 cm³/mol. The Morgan fingerprint density at radius 1 is 1.28 bits per heavy atom. The van der Waals surface area contributed by atoms with Gasteiger partial charge in [-0.15, -0.1) is 5.92 Å². The fourth-order valence-electron chi connectivity index (χ4n) is 1.60. The van der Waals surface area contributed by atoms with Gasteiger partial charge in [-0.2, -0.15) is 0 Å². The van der Waals surface area contributed by atoms with Gasteiger partial charge in [0, 0.05) is 5.02 Å². The number of hydrogen-bond donors (Lipinski definition) is 0. The van der Waals surface area contributed by atoms with E-state index < -0.39 is 0 Å². The zero-order valence-corrected chi connectivity index (χ0v) is 18.8. The van der Waals surface area contributed by atoms with Gasteiger partial charge in [0.05, 0.1) is 16.7 Å². The van der Waals surface area contributed by atoms with E-state index in [1.165, 1.54) is 0 Å². The summed E-state index contributed by atoms with van der Waals surface area (Å²) >= 11 is 17.8. The van der Waals surface area contributed by atoms with Crippen molar-refractivity contribution in [2.45, 2.75) is 26.2 Å². The van der Waals surface area contributed by atoms with Crippen LogP contribution in [0, 0.1) is 12.5 Å². The minimum atomic E-state index is -0.199. The molecule has 1 aromatic carbocycles. The summed E-state index contributed by atoms with van der Waals surface area (Å²) in [5.74, 6) is 0.421. The summed E-state index contributed by atoms with van der Waals surface area (Å²) in [4.78, 5) is 0. The number of hydrogen-bond acceptors (Lipinski definition) is 2. The fraction of sp³-hybridized carbons (Fsp3) is 0.417. The Hall–Kier alpha value is 2.06. The Labute approximate surface area is 181 Å². The molecule has 1 aliphatic rings. The molecule has 0 aliphatic carbocycles. The summed E-state index contributed by atoms with van der Waals surface area (Å²) in [6.45, 7) is 4.23. The van der Waals surface area contributed by atoms with Crippen molar-refractivity contribution in [3.05, 3.63) is 39.4 Å². The molecular formula is C12H12Cl3CsO2. The topological polar surface area (TPSA) is 18.5 Å². The second-order valence-corrected chi connectivity index (χ2v) is 5.31. The molecule has 0 bridgehead atoms. The molecule has 6 heteroatoms. The molecule has 1 saturated heterocycles. The Morgan fingerprint density at radius 3 is 2.56 bits per heavy atom. The van der Waals surface area contributed by atoms with Gasteiger partial charge in [0.25, 0.3) is 0 Å². The summed E-state index contributed by atoms with van der Waals surface area (Å²) in [5, 5.41) is 1.47. The van der Waals surface area contributed by atoms with Crippen molar-refractivity contribution in [2.24, 2.45) is 5.92 Å². The molecule has 0 radical (unpaired) electrons. The predicted octanol–water partition coefficient (Wildman–Crippen LogP) is 1.71. The molecule has 0 N–H and O–H groups in total. The first-order chi connectivity index (χ1) is 8.06. The van der Waals surface area contributed by atoms with Gasteiger partial charge in [-0.1, -0.05) is 41.7 Å². The molecular weight excluding hydrogens is 415 g/mol. The molecule has 2 nitrogen and oxygen atoms in total. The third kappa shape index (κ3) is 5.11. The largest absolute Gasteiger partial charge is 1.00 e. The van der Waals surface area contributed by atoms with E-state index in [1.807, 2.05) is 0 Å². The molecule has 1 heterocycles. The molecule has 2 rings (SSSR count). The van der Waals surface area contributed by atoms with Gasteiger partial charge >= 0.3 is 68.9 Å². The van der Waals surface area contributed by atoms with Crippen molar-refractivity contribution in [1.29, 1.82) is 0 Å². The third-order valence-corrected chi connectivity index (χ3v) is 3.61. The summed E-state index contributed by atoms with van der Waals surface area (Å²) in [7, 11) is 0. The van der Waals surface area contributed by atoms with Crippen molar-refractivity contribution < 1.29 is 78.4 Å². The van der Waals surface area contributed by atoms with Crippen LogP contribution < -0.4 is 68.9 Å². The van der Waals surface area contributed by atoms with E-state index in [0.717, 1.165) is 12.0 Å². The molecule has 18 heavy (non-hydrogen) atoms. The van der Waals surface area contributed by atoms with Crippen molar-refractivity contribution >= 4 is 34.8 Å². The van der Waals surface area contributed by atoms with Crippen molar-refractivity contribution in [2.75, 3.05) is 0 Å². The van der Waals surface area contributed by atoms with Gasteiger partial charge < -0.3 is 9.47 Å². The van der Waals surface area contributed by atoms with Crippen LogP contribution in [-0.4, -0.2) is 6.29 Å². The Balaban J connectivity index is 0.00000162. The van der Waals surface area contributed by atoms with E-state index >= 15 is 0 Å². The van der Waals surface area contributed by atoms with Gasteiger partial charge in [-0.25, -0.2) is 6.61 Å². The van der Waals surface area contributed by atoms with Crippen LogP contribution in [0.5, 0.6) is 0 Å². The SMILES string of the molecule is C[C@H]1[CH-]OC(OCc2cc(Cl)c(Cl)cc2Cl)C1.[Cs+]. The minimum Gasteiger partial charge on any atom is -0.529 e. The second-order valence-electron chi connectivity index (χ2n) is 4.08. The first kappa shape index (κ1) is 18.1. The molecule has 0 spiro atoms. The van der Waals surface area contributed by atoms with Crippen molar-refractivity contribution in [3.63, 3.8) is 0 Å². The van der Waals surface area contributed by atoms with Gasteiger partial charge in [-0.3, -0.25) is 0 Å². The van der Waals surface area contributed by atoms with E-state index in [9.17, 15) is 0 Å². The summed E-state index contributed by atoms with van der Waals surface area (Å²) in [6, 6.07) is 3.34. The van der Waals surface area contributed by atoms with Gasteiger partial charge in [0.1, 0.15) is 6.29 Å². The van der Waals surface area contributed by atoms with E-state index in [2.05, 4.69) is 6.92 Å². The molecule has 94 valence electrons. The molecule has 0 aromatic heterocycles. The van der Waals surface area contributed by atoms with Gasteiger partial charge in [0.2, 0.25) is 0 Å². The zero-order valence-electron chi connectivity index (χ0n) is 10.3. The molecule has 1 aromatic rings. The summed E-state index contributed by atoms with van der Waals surface area (Å²) in [5.41, 5.74) is 0.809. The smallest absolute Gasteiger partial charge is 0.529 e. The Kier molecular flexibility index (Phi) is 8.54. The molecule has 0 saturated carbocycles. The Bertz CT molecular complexity index is 415. The first-order valence-corrected chi connectivity index (χ1v) is 6.43. The van der Waals surface area contributed by atoms with Crippen LogP contribution >= 0.6 is 34.8 Å². The molecule has 1 aliphatic heterocycles. The second kappa shape index (κ2) is 8.49. The third-order valence-electron chi connectivity index (χ3n) is 2.54. The minimum absolute atomic E-state index is 0. The van der Waals surface area contributed by atoms with Crippen LogP contribution in [0.25, 0.3) is 0 Å². The van der Waals surface area contributed by atoms with Crippen LogP contribution in [0.1, 0.15) is 18.9 Å². The maximum Gasteiger partial charge on any atom is 1.00 e. The molecule has 1 unspecified atom stereocenters. The van der Waals surface area contributed by atoms with Crippen LogP contribution in [0.4, 0.5) is 0 Å². The molecule has 2 atom stereocenters. The standard InChI is InChI=1S/C12H12Cl3O2.Cs/c1-7-2-12(16-5-7)17-6-8-3-10(14)11(15)4-9(8)13;/h3-5,7,12H,2,6H2,1H3;/q-1;+1/t7-,12?;/m1./s1. The number of halogens is 3. The monoisotopic (exact) mass is 426 g/mol. The van der Waals surface area contributed by atoms with Gasteiger partial charge in [-0.05, 0) is 24.1 Å². The van der Waals surface area contributed by atoms with Crippen LogP contribution in [0.2, 0.25) is 15.1 Å². The number of benzene rings is 1.